The maximum atomic E-state index is 12.8. The fourth-order valence-electron chi connectivity index (χ4n) is 3.40. The number of halogens is 3. The van der Waals surface area contributed by atoms with Crippen LogP contribution in [-0.2, 0) is 4.74 Å². The number of fused-ring (bicyclic) bond motifs is 1. The Labute approximate surface area is 209 Å². The fraction of sp³-hybridized carbons (Fsp3) is 0.154. The van der Waals surface area contributed by atoms with Gasteiger partial charge in [-0.3, -0.25) is 14.3 Å². The molecule has 3 N–H and O–H groups in total. The minimum atomic E-state index is -4.92. The van der Waals surface area contributed by atoms with E-state index in [0.29, 0.717) is 33.7 Å². The van der Waals surface area contributed by atoms with Crippen molar-refractivity contribution in [3.8, 4) is 5.75 Å². The molecule has 0 unspecified atom stereocenters. The van der Waals surface area contributed by atoms with Gasteiger partial charge in [-0.1, -0.05) is 30.3 Å². The normalized spacial score (nSPS) is 11.3. The van der Waals surface area contributed by atoms with Crippen LogP contribution in [0.25, 0.3) is 11.0 Å². The molecule has 4 aromatic rings. The van der Waals surface area contributed by atoms with E-state index in [4.69, 9.17) is 14.9 Å². The van der Waals surface area contributed by atoms with Crippen molar-refractivity contribution in [1.29, 1.82) is 0 Å². The molecule has 11 heteroatoms. The van der Waals surface area contributed by atoms with Gasteiger partial charge < -0.3 is 25.1 Å². The summed E-state index contributed by atoms with van der Waals surface area (Å²) < 4.78 is 52.8. The minimum Gasteiger partial charge on any atom is -0.492 e. The molecule has 0 saturated heterocycles. The molecule has 0 atom stereocenters. The van der Waals surface area contributed by atoms with Gasteiger partial charge in [-0.2, -0.15) is 0 Å². The van der Waals surface area contributed by atoms with Crippen molar-refractivity contribution in [1.82, 2.24) is 4.90 Å². The molecule has 192 valence electrons. The average Bonchev–Trinajstić information content (AvgIpc) is 3.31. The highest BCUT2D eigenvalue weighted by Crippen LogP contribution is 2.22. The van der Waals surface area contributed by atoms with Crippen molar-refractivity contribution in [2.45, 2.75) is 6.36 Å². The molecule has 3 aromatic carbocycles. The Hall–Kier alpha value is -4.51. The smallest absolute Gasteiger partial charge is 0.492 e. The Balaban J connectivity index is 1.37. The number of amides is 2. The first kappa shape index (κ1) is 25.6. The predicted molar refractivity (Wildman–Crippen MR) is 130 cm³/mol. The number of carbonyl (C=O) groups excluding carboxylic acids is 2. The maximum absolute atomic E-state index is 12.8. The second-order valence-corrected chi connectivity index (χ2v) is 7.85. The summed E-state index contributed by atoms with van der Waals surface area (Å²) in [6.45, 7) is -1.40. The van der Waals surface area contributed by atoms with Gasteiger partial charge in [0.2, 0.25) is 0 Å². The van der Waals surface area contributed by atoms with E-state index in [1.54, 1.807) is 48.5 Å². The van der Waals surface area contributed by atoms with Gasteiger partial charge in [0.25, 0.3) is 11.8 Å². The fourth-order valence-corrected chi connectivity index (χ4v) is 3.40. The molecule has 0 saturated carbocycles. The zero-order valence-electron chi connectivity index (χ0n) is 19.3. The lowest BCUT2D eigenvalue weighted by Gasteiger charge is -2.22. The van der Waals surface area contributed by atoms with Gasteiger partial charge in [-0.05, 0) is 48.5 Å². The highest BCUT2D eigenvalue weighted by Gasteiger charge is 2.32. The van der Waals surface area contributed by atoms with Crippen molar-refractivity contribution in [3.05, 3.63) is 90.2 Å². The third-order valence-corrected chi connectivity index (χ3v) is 5.26. The summed E-state index contributed by atoms with van der Waals surface area (Å²) >= 11 is 0. The van der Waals surface area contributed by atoms with Crippen LogP contribution in [0.2, 0.25) is 0 Å². The van der Waals surface area contributed by atoms with Crippen LogP contribution in [0.1, 0.15) is 20.9 Å². The summed E-state index contributed by atoms with van der Waals surface area (Å²) in [6.07, 6.45) is -4.92. The van der Waals surface area contributed by atoms with Crippen LogP contribution in [0.15, 0.2) is 83.3 Å². The van der Waals surface area contributed by atoms with Crippen LogP contribution in [0.3, 0.4) is 0 Å². The Morgan fingerprint density at radius 3 is 2.38 bits per heavy atom. The quantitative estimate of drug-likeness (QED) is 0.233. The molecular weight excluding hydrogens is 491 g/mol. The number of nitrogen functional groups attached to an aromatic ring is 1. The molecule has 37 heavy (non-hydrogen) atoms. The van der Waals surface area contributed by atoms with Gasteiger partial charge in [0.05, 0.1) is 17.9 Å². The van der Waals surface area contributed by atoms with Gasteiger partial charge in [0, 0.05) is 10.9 Å². The Bertz CT molecular complexity index is 1350. The van der Waals surface area contributed by atoms with E-state index < -0.39 is 19.0 Å². The zero-order chi connectivity index (χ0) is 26.4. The Morgan fingerprint density at radius 1 is 0.973 bits per heavy atom. The molecule has 2 amide bonds. The first-order valence-electron chi connectivity index (χ1n) is 11.1. The van der Waals surface area contributed by atoms with Gasteiger partial charge in [0.1, 0.15) is 24.7 Å². The number of alkyl halides is 3. The van der Waals surface area contributed by atoms with Crippen LogP contribution >= 0.6 is 0 Å². The number of benzene rings is 3. The van der Waals surface area contributed by atoms with Gasteiger partial charge in [-0.15, -0.1) is 13.2 Å². The number of furan rings is 1. The molecule has 0 aliphatic heterocycles. The van der Waals surface area contributed by atoms with E-state index in [1.165, 1.54) is 30.3 Å². The van der Waals surface area contributed by atoms with Crippen LogP contribution in [0.4, 0.5) is 24.5 Å². The van der Waals surface area contributed by atoms with E-state index in [9.17, 15) is 22.8 Å². The van der Waals surface area contributed by atoms with Gasteiger partial charge in [0.15, 0.2) is 5.76 Å². The third-order valence-electron chi connectivity index (χ3n) is 5.26. The number of nitrogens with one attached hydrogen (secondary N) is 1. The molecular formula is C26H22F3N3O5. The minimum absolute atomic E-state index is 0.124. The zero-order valence-corrected chi connectivity index (χ0v) is 19.3. The monoisotopic (exact) mass is 513 g/mol. The third kappa shape index (κ3) is 6.79. The van der Waals surface area contributed by atoms with Crippen molar-refractivity contribution in [2.75, 3.05) is 30.9 Å². The maximum Gasteiger partial charge on any atom is 0.524 e. The molecule has 0 radical (unpaired) electrons. The second-order valence-electron chi connectivity index (χ2n) is 7.85. The number of hydrogen-bond donors (Lipinski definition) is 2. The largest absolute Gasteiger partial charge is 0.524 e. The number of hydrogen-bond acceptors (Lipinski definition) is 6. The van der Waals surface area contributed by atoms with Crippen LogP contribution in [-0.4, -0.2) is 43.0 Å². The summed E-state index contributed by atoms with van der Waals surface area (Å²) in [5.41, 5.74) is 7.50. The van der Waals surface area contributed by atoms with Gasteiger partial charge >= 0.3 is 6.36 Å². The van der Waals surface area contributed by atoms with Crippen LogP contribution in [0, 0.1) is 0 Å². The van der Waals surface area contributed by atoms with Crippen molar-refractivity contribution in [2.24, 2.45) is 0 Å². The molecule has 0 aliphatic carbocycles. The van der Waals surface area contributed by atoms with Crippen LogP contribution in [0.5, 0.6) is 5.75 Å². The number of nitrogens with zero attached hydrogens (tertiary/aromatic N) is 1. The van der Waals surface area contributed by atoms with Gasteiger partial charge in [-0.25, -0.2) is 0 Å². The molecule has 0 bridgehead atoms. The molecule has 0 fully saturated rings. The topological polar surface area (TPSA) is 107 Å². The van der Waals surface area contributed by atoms with E-state index in [0.717, 1.165) is 4.90 Å². The second kappa shape index (κ2) is 11.0. The Kier molecular flexibility index (Phi) is 7.63. The van der Waals surface area contributed by atoms with E-state index >= 15 is 0 Å². The first-order valence-corrected chi connectivity index (χ1v) is 11.1. The summed E-state index contributed by atoms with van der Waals surface area (Å²) in [5.74, 6) is -0.933. The Morgan fingerprint density at radius 2 is 1.68 bits per heavy atom. The standard InChI is InChI=1S/C26H22F3N3O5/c27-26(28,29)36-16-32(25(34)23-15-18-5-1-4-8-22(18)37-23)13-14-35-19-11-9-17(10-12-19)24(33)31-21-7-3-2-6-20(21)30/h1-12,15H,13-14,16,30H2,(H,31,33). The number of carbonyl (C=O) groups is 2. The number of ether oxygens (including phenoxy) is 2. The lowest BCUT2D eigenvalue weighted by atomic mass is 10.2. The molecule has 0 spiro atoms. The predicted octanol–water partition coefficient (Wildman–Crippen LogP) is 5.28. The average molecular weight is 513 g/mol. The van der Waals surface area contributed by atoms with Crippen molar-refractivity contribution >= 4 is 34.2 Å². The molecule has 4 rings (SSSR count). The van der Waals surface area contributed by atoms with Crippen molar-refractivity contribution < 1.29 is 36.7 Å². The summed E-state index contributed by atoms with van der Waals surface area (Å²) in [4.78, 5) is 26.1. The SMILES string of the molecule is Nc1ccccc1NC(=O)c1ccc(OCCN(COC(F)(F)F)C(=O)c2cc3ccccc3o2)cc1. The number of nitrogens with two attached hydrogens (primary N) is 1. The number of anilines is 2. The lowest BCUT2D eigenvalue weighted by Crippen LogP contribution is -2.38. The van der Waals surface area contributed by atoms with E-state index in [-0.39, 0.29) is 24.8 Å². The first-order chi connectivity index (χ1) is 17.7. The lowest BCUT2D eigenvalue weighted by molar-refractivity contribution is -0.334. The molecule has 8 nitrogen and oxygen atoms in total. The van der Waals surface area contributed by atoms with Crippen LogP contribution < -0.4 is 15.8 Å². The summed E-state index contributed by atoms with van der Waals surface area (Å²) in [6, 6.07) is 21.2. The van der Waals surface area contributed by atoms with E-state index in [2.05, 4.69) is 10.1 Å². The van der Waals surface area contributed by atoms with E-state index in [1.807, 2.05) is 0 Å². The highest BCUT2D eigenvalue weighted by molar-refractivity contribution is 6.05. The summed E-state index contributed by atoms with van der Waals surface area (Å²) in [5, 5.41) is 3.34. The summed E-state index contributed by atoms with van der Waals surface area (Å²) in [7, 11) is 0. The molecule has 0 aliphatic rings. The highest BCUT2D eigenvalue weighted by atomic mass is 19.4. The molecule has 1 heterocycles. The van der Waals surface area contributed by atoms with Crippen molar-refractivity contribution in [3.63, 3.8) is 0 Å². The molecule has 1 aromatic heterocycles. The number of para-hydroxylation sites is 3. The number of rotatable bonds is 9.